The Balaban J connectivity index is 1.88. The summed E-state index contributed by atoms with van der Waals surface area (Å²) in [5.41, 5.74) is 5.31. The molecule has 5 heteroatoms. The molecule has 0 radical (unpaired) electrons. The molecule has 1 aliphatic rings. The van der Waals surface area contributed by atoms with Crippen molar-refractivity contribution in [1.82, 2.24) is 0 Å². The van der Waals surface area contributed by atoms with E-state index in [9.17, 15) is 4.57 Å². The van der Waals surface area contributed by atoms with Crippen molar-refractivity contribution in [1.29, 1.82) is 0 Å². The molecule has 0 bridgehead atoms. The number of anilines is 1. The fourth-order valence-corrected chi connectivity index (χ4v) is 3.94. The third kappa shape index (κ3) is 2.82. The molecule has 0 atom stereocenters. The zero-order valence-electron chi connectivity index (χ0n) is 13.1. The Bertz CT molecular complexity index is 693. The van der Waals surface area contributed by atoms with Gasteiger partial charge in [-0.15, -0.1) is 0 Å². The summed E-state index contributed by atoms with van der Waals surface area (Å²) in [7, 11) is -1.61. The number of para-hydroxylation sites is 1. The van der Waals surface area contributed by atoms with E-state index in [1.165, 1.54) is 11.1 Å². The highest BCUT2D eigenvalue weighted by molar-refractivity contribution is 7.55. The second-order valence-electron chi connectivity index (χ2n) is 5.58. The average Bonchev–Trinajstić information content (AvgIpc) is 2.69. The van der Waals surface area contributed by atoms with Gasteiger partial charge in [-0.2, -0.15) is 0 Å². The van der Waals surface area contributed by atoms with Crippen molar-refractivity contribution < 1.29 is 13.6 Å². The molecule has 0 amide bonds. The minimum Gasteiger partial charge on any atom is -0.287 e. The lowest BCUT2D eigenvalue weighted by atomic mass is 10.0. The summed E-state index contributed by atoms with van der Waals surface area (Å²) in [5.74, 6) is 0. The topological polar surface area (TPSA) is 38.8 Å². The number of nitrogens with zero attached hydrogens (tertiary/aromatic N) is 1. The number of hydrogen-bond acceptors (Lipinski definition) is 3. The molecule has 2 aromatic rings. The van der Waals surface area contributed by atoms with Crippen LogP contribution in [0.15, 0.2) is 42.5 Å². The standard InChI is InChI=1S/C17H20NO3P/c1-13-9-15-11-20-22(19,21-12-16(15)10-14(13)2)18(3)17-7-5-4-6-8-17/h4-10H,11-12H2,1-3H3. The van der Waals surface area contributed by atoms with Crippen LogP contribution < -0.4 is 4.67 Å². The van der Waals surface area contributed by atoms with E-state index in [1.54, 1.807) is 11.7 Å². The molecule has 1 heterocycles. The first kappa shape index (κ1) is 15.3. The summed E-state index contributed by atoms with van der Waals surface area (Å²) >= 11 is 0. The SMILES string of the molecule is Cc1cc2c(cc1C)COP(=O)(N(C)c1ccccc1)OC2. The van der Waals surface area contributed by atoms with E-state index in [1.807, 2.05) is 30.3 Å². The van der Waals surface area contributed by atoms with Crippen molar-refractivity contribution in [3.63, 3.8) is 0 Å². The fourth-order valence-electron chi connectivity index (χ4n) is 2.50. The lowest BCUT2D eigenvalue weighted by Crippen LogP contribution is -2.16. The third-order valence-corrected chi connectivity index (χ3v) is 5.96. The Kier molecular flexibility index (Phi) is 4.09. The van der Waals surface area contributed by atoms with Crippen LogP contribution in [0.2, 0.25) is 0 Å². The average molecular weight is 317 g/mol. The molecular formula is C17H20NO3P. The van der Waals surface area contributed by atoms with Crippen LogP contribution in [0, 0.1) is 13.8 Å². The minimum absolute atomic E-state index is 0.297. The van der Waals surface area contributed by atoms with Crippen molar-refractivity contribution in [2.24, 2.45) is 0 Å². The molecule has 0 aliphatic carbocycles. The zero-order valence-corrected chi connectivity index (χ0v) is 14.0. The van der Waals surface area contributed by atoms with Gasteiger partial charge in [0.2, 0.25) is 0 Å². The van der Waals surface area contributed by atoms with Crippen molar-refractivity contribution in [2.75, 3.05) is 11.7 Å². The molecule has 116 valence electrons. The van der Waals surface area contributed by atoms with Gasteiger partial charge in [0, 0.05) is 12.7 Å². The second kappa shape index (κ2) is 5.88. The first-order valence-electron chi connectivity index (χ1n) is 7.27. The maximum absolute atomic E-state index is 13.1. The Morgan fingerprint density at radius 1 is 0.955 bits per heavy atom. The number of benzene rings is 2. The van der Waals surface area contributed by atoms with Gasteiger partial charge in [-0.1, -0.05) is 30.3 Å². The molecule has 0 spiro atoms. The van der Waals surface area contributed by atoms with Crippen LogP contribution in [0.3, 0.4) is 0 Å². The minimum atomic E-state index is -3.35. The normalized spacial score (nSPS) is 16.7. The quantitative estimate of drug-likeness (QED) is 0.759. The van der Waals surface area contributed by atoms with Crippen LogP contribution in [0.5, 0.6) is 0 Å². The van der Waals surface area contributed by atoms with E-state index in [-0.39, 0.29) is 0 Å². The van der Waals surface area contributed by atoms with Crippen LogP contribution in [0.25, 0.3) is 0 Å². The highest BCUT2D eigenvalue weighted by Gasteiger charge is 2.34. The van der Waals surface area contributed by atoms with Crippen LogP contribution in [-0.4, -0.2) is 7.05 Å². The number of aryl methyl sites for hydroxylation is 2. The van der Waals surface area contributed by atoms with Crippen molar-refractivity contribution in [3.05, 3.63) is 64.7 Å². The lowest BCUT2D eigenvalue weighted by Gasteiger charge is -2.26. The molecule has 2 aromatic carbocycles. The molecule has 1 aliphatic heterocycles. The molecule has 3 rings (SSSR count). The predicted octanol–water partition coefficient (Wildman–Crippen LogP) is 4.59. The van der Waals surface area contributed by atoms with Gasteiger partial charge in [-0.05, 0) is 48.2 Å². The van der Waals surface area contributed by atoms with Gasteiger partial charge >= 0.3 is 7.75 Å². The molecular weight excluding hydrogens is 297 g/mol. The molecule has 0 saturated heterocycles. The summed E-state index contributed by atoms with van der Waals surface area (Å²) in [6.07, 6.45) is 0. The monoisotopic (exact) mass is 317 g/mol. The number of fused-ring (bicyclic) bond motifs is 1. The maximum atomic E-state index is 13.1. The Hall–Kier alpha value is -1.61. The largest absolute Gasteiger partial charge is 0.435 e. The Labute approximate surface area is 131 Å². The van der Waals surface area contributed by atoms with Crippen LogP contribution in [0.1, 0.15) is 22.3 Å². The van der Waals surface area contributed by atoms with Crippen LogP contribution >= 0.6 is 7.75 Å². The van der Waals surface area contributed by atoms with Gasteiger partial charge < -0.3 is 0 Å². The highest BCUT2D eigenvalue weighted by Crippen LogP contribution is 2.55. The predicted molar refractivity (Wildman–Crippen MR) is 87.9 cm³/mol. The maximum Gasteiger partial charge on any atom is 0.435 e. The van der Waals surface area contributed by atoms with E-state index in [4.69, 9.17) is 9.05 Å². The van der Waals surface area contributed by atoms with E-state index >= 15 is 0 Å². The molecule has 22 heavy (non-hydrogen) atoms. The van der Waals surface area contributed by atoms with E-state index in [0.29, 0.717) is 13.2 Å². The summed E-state index contributed by atoms with van der Waals surface area (Å²) in [5, 5.41) is 0. The van der Waals surface area contributed by atoms with Gasteiger partial charge in [-0.25, -0.2) is 4.57 Å². The summed E-state index contributed by atoms with van der Waals surface area (Å²) in [6, 6.07) is 13.7. The summed E-state index contributed by atoms with van der Waals surface area (Å²) in [6.45, 7) is 4.73. The van der Waals surface area contributed by atoms with Gasteiger partial charge in [0.1, 0.15) is 0 Å². The second-order valence-corrected chi connectivity index (χ2v) is 7.63. The van der Waals surface area contributed by atoms with Crippen LogP contribution in [-0.2, 0) is 26.8 Å². The Morgan fingerprint density at radius 3 is 1.95 bits per heavy atom. The highest BCUT2D eigenvalue weighted by atomic mass is 31.2. The van der Waals surface area contributed by atoms with Crippen molar-refractivity contribution >= 4 is 13.4 Å². The lowest BCUT2D eigenvalue weighted by molar-refractivity contribution is 0.205. The van der Waals surface area contributed by atoms with Gasteiger partial charge in [0.25, 0.3) is 0 Å². The molecule has 4 nitrogen and oxygen atoms in total. The van der Waals surface area contributed by atoms with Crippen molar-refractivity contribution in [3.8, 4) is 0 Å². The molecule has 0 unspecified atom stereocenters. The third-order valence-electron chi connectivity index (χ3n) is 4.08. The van der Waals surface area contributed by atoms with Crippen LogP contribution in [0.4, 0.5) is 5.69 Å². The molecule has 0 aromatic heterocycles. The van der Waals surface area contributed by atoms with E-state index in [0.717, 1.165) is 16.8 Å². The zero-order chi connectivity index (χ0) is 15.7. The summed E-state index contributed by atoms with van der Waals surface area (Å²) < 4.78 is 26.0. The smallest absolute Gasteiger partial charge is 0.287 e. The summed E-state index contributed by atoms with van der Waals surface area (Å²) in [4.78, 5) is 0. The number of hydrogen-bond donors (Lipinski definition) is 0. The molecule has 0 fully saturated rings. The number of rotatable bonds is 2. The first-order chi connectivity index (χ1) is 10.5. The van der Waals surface area contributed by atoms with E-state index in [2.05, 4.69) is 26.0 Å². The van der Waals surface area contributed by atoms with Gasteiger partial charge in [0.05, 0.1) is 13.2 Å². The molecule has 0 N–H and O–H groups in total. The Morgan fingerprint density at radius 2 is 1.45 bits per heavy atom. The fraction of sp³-hybridized carbons (Fsp3) is 0.294. The molecule has 0 saturated carbocycles. The first-order valence-corrected chi connectivity index (χ1v) is 8.76. The van der Waals surface area contributed by atoms with Gasteiger partial charge in [-0.3, -0.25) is 13.7 Å². The van der Waals surface area contributed by atoms with Gasteiger partial charge in [0.15, 0.2) is 0 Å². The van der Waals surface area contributed by atoms with Crippen molar-refractivity contribution in [2.45, 2.75) is 27.1 Å². The van der Waals surface area contributed by atoms with E-state index < -0.39 is 7.75 Å².